The van der Waals surface area contributed by atoms with Crippen LogP contribution in [0, 0.1) is 12.7 Å². The number of nitrogens with zero attached hydrogens (tertiary/aromatic N) is 2. The van der Waals surface area contributed by atoms with Gasteiger partial charge in [-0.05, 0) is 19.4 Å². The van der Waals surface area contributed by atoms with Crippen molar-refractivity contribution in [2.45, 2.75) is 20.3 Å². The highest BCUT2D eigenvalue weighted by molar-refractivity contribution is 5.81. The molecule has 2 aromatic rings. The van der Waals surface area contributed by atoms with Gasteiger partial charge in [-0.25, -0.2) is 14.4 Å². The fraction of sp³-hybridized carbons (Fsp3) is 0.273. The van der Waals surface area contributed by atoms with Crippen LogP contribution in [0.3, 0.4) is 0 Å². The Labute approximate surface area is 81.8 Å². The van der Waals surface area contributed by atoms with Gasteiger partial charge in [-0.2, -0.15) is 0 Å². The number of para-hydroxylation sites is 1. The summed E-state index contributed by atoms with van der Waals surface area (Å²) in [4.78, 5) is 8.38. The lowest BCUT2D eigenvalue weighted by molar-refractivity contribution is 0.635. The van der Waals surface area contributed by atoms with Gasteiger partial charge >= 0.3 is 0 Å². The molecule has 0 radical (unpaired) electrons. The van der Waals surface area contributed by atoms with Crippen LogP contribution >= 0.6 is 0 Å². The average Bonchev–Trinajstić information content (AvgIpc) is 2.18. The highest BCUT2D eigenvalue weighted by Gasteiger charge is 2.07. The van der Waals surface area contributed by atoms with E-state index in [1.807, 2.05) is 13.0 Å². The second-order valence-electron chi connectivity index (χ2n) is 3.21. The van der Waals surface area contributed by atoms with Gasteiger partial charge in [0, 0.05) is 5.39 Å². The van der Waals surface area contributed by atoms with Gasteiger partial charge < -0.3 is 0 Å². The summed E-state index contributed by atoms with van der Waals surface area (Å²) in [6.45, 7) is 3.79. The molecule has 2 rings (SSSR count). The molecule has 14 heavy (non-hydrogen) atoms. The van der Waals surface area contributed by atoms with Crippen molar-refractivity contribution in [3.8, 4) is 0 Å². The molecule has 1 aromatic heterocycles. The largest absolute Gasteiger partial charge is 0.238 e. The zero-order chi connectivity index (χ0) is 10.1. The first-order valence-corrected chi connectivity index (χ1v) is 4.64. The number of hydrogen-bond donors (Lipinski definition) is 0. The third kappa shape index (κ3) is 1.35. The minimum Gasteiger partial charge on any atom is -0.238 e. The van der Waals surface area contributed by atoms with Crippen molar-refractivity contribution in [2.75, 3.05) is 0 Å². The SMILES string of the molecule is CCc1nc(C)nc2c(F)cccc12. The Bertz CT molecular complexity index is 480. The zero-order valence-corrected chi connectivity index (χ0v) is 8.21. The van der Waals surface area contributed by atoms with Crippen molar-refractivity contribution >= 4 is 10.9 Å². The topological polar surface area (TPSA) is 25.8 Å². The number of aryl methyl sites for hydroxylation is 2. The lowest BCUT2D eigenvalue weighted by Crippen LogP contribution is -1.97. The Hall–Kier alpha value is -1.51. The van der Waals surface area contributed by atoms with E-state index in [4.69, 9.17) is 0 Å². The van der Waals surface area contributed by atoms with Gasteiger partial charge in [0.15, 0.2) is 0 Å². The minimum atomic E-state index is -0.275. The molecular formula is C11H11FN2. The molecule has 0 N–H and O–H groups in total. The molecule has 0 atom stereocenters. The van der Waals surface area contributed by atoms with Crippen LogP contribution in [0.1, 0.15) is 18.4 Å². The molecule has 0 saturated heterocycles. The van der Waals surface area contributed by atoms with E-state index in [0.717, 1.165) is 17.5 Å². The van der Waals surface area contributed by atoms with Crippen LogP contribution in [0.25, 0.3) is 10.9 Å². The number of hydrogen-bond acceptors (Lipinski definition) is 2. The van der Waals surface area contributed by atoms with E-state index < -0.39 is 0 Å². The molecule has 2 nitrogen and oxygen atoms in total. The molecule has 1 aromatic carbocycles. The van der Waals surface area contributed by atoms with Crippen LogP contribution in [0.15, 0.2) is 18.2 Å². The fourth-order valence-electron chi connectivity index (χ4n) is 1.57. The molecule has 72 valence electrons. The maximum atomic E-state index is 13.4. The van der Waals surface area contributed by atoms with Gasteiger partial charge in [-0.3, -0.25) is 0 Å². The van der Waals surface area contributed by atoms with E-state index in [-0.39, 0.29) is 5.82 Å². The molecule has 0 aliphatic heterocycles. The number of benzene rings is 1. The smallest absolute Gasteiger partial charge is 0.149 e. The van der Waals surface area contributed by atoms with E-state index >= 15 is 0 Å². The molecule has 0 amide bonds. The van der Waals surface area contributed by atoms with Crippen LogP contribution in [0.2, 0.25) is 0 Å². The number of fused-ring (bicyclic) bond motifs is 1. The summed E-state index contributed by atoms with van der Waals surface area (Å²) < 4.78 is 13.4. The quantitative estimate of drug-likeness (QED) is 0.690. The maximum absolute atomic E-state index is 13.4. The minimum absolute atomic E-state index is 0.275. The Morgan fingerprint density at radius 2 is 2.07 bits per heavy atom. The summed E-state index contributed by atoms with van der Waals surface area (Å²) in [5.74, 6) is 0.349. The molecule has 0 fully saturated rings. The molecule has 0 saturated carbocycles. The Kier molecular flexibility index (Phi) is 2.15. The van der Waals surface area contributed by atoms with Crippen LogP contribution in [0.5, 0.6) is 0 Å². The lowest BCUT2D eigenvalue weighted by atomic mass is 10.1. The first-order chi connectivity index (χ1) is 6.72. The van der Waals surface area contributed by atoms with Gasteiger partial charge in [-0.1, -0.05) is 19.1 Å². The van der Waals surface area contributed by atoms with E-state index in [2.05, 4.69) is 9.97 Å². The zero-order valence-electron chi connectivity index (χ0n) is 8.21. The van der Waals surface area contributed by atoms with Crippen molar-refractivity contribution in [1.29, 1.82) is 0 Å². The molecular weight excluding hydrogens is 179 g/mol. The highest BCUT2D eigenvalue weighted by Crippen LogP contribution is 2.18. The second kappa shape index (κ2) is 3.33. The van der Waals surface area contributed by atoms with Gasteiger partial charge in [0.05, 0.1) is 5.69 Å². The van der Waals surface area contributed by atoms with Crippen LogP contribution in [-0.2, 0) is 6.42 Å². The molecule has 3 heteroatoms. The second-order valence-corrected chi connectivity index (χ2v) is 3.21. The maximum Gasteiger partial charge on any atom is 0.149 e. The van der Waals surface area contributed by atoms with Crippen molar-refractivity contribution < 1.29 is 4.39 Å². The first kappa shape index (κ1) is 9.06. The standard InChI is InChI=1S/C11H11FN2/c1-3-10-8-5-4-6-9(12)11(8)14-7(2)13-10/h4-6H,3H2,1-2H3. The lowest BCUT2D eigenvalue weighted by Gasteiger charge is -2.04. The van der Waals surface area contributed by atoms with Crippen LogP contribution in [-0.4, -0.2) is 9.97 Å². The first-order valence-electron chi connectivity index (χ1n) is 4.64. The van der Waals surface area contributed by atoms with Crippen molar-refractivity contribution in [2.24, 2.45) is 0 Å². The summed E-state index contributed by atoms with van der Waals surface area (Å²) >= 11 is 0. The van der Waals surface area contributed by atoms with Crippen molar-refractivity contribution in [3.05, 3.63) is 35.5 Å². The monoisotopic (exact) mass is 190 g/mol. The Balaban J connectivity index is 2.87. The molecule has 1 heterocycles. The third-order valence-corrected chi connectivity index (χ3v) is 2.20. The van der Waals surface area contributed by atoms with Gasteiger partial charge in [0.25, 0.3) is 0 Å². The van der Waals surface area contributed by atoms with Crippen LogP contribution < -0.4 is 0 Å². The summed E-state index contributed by atoms with van der Waals surface area (Å²) in [5.41, 5.74) is 1.34. The summed E-state index contributed by atoms with van der Waals surface area (Å²) in [5, 5.41) is 0.818. The summed E-state index contributed by atoms with van der Waals surface area (Å²) in [6, 6.07) is 4.97. The molecule has 0 aliphatic carbocycles. The van der Waals surface area contributed by atoms with E-state index in [1.165, 1.54) is 6.07 Å². The highest BCUT2D eigenvalue weighted by atomic mass is 19.1. The third-order valence-electron chi connectivity index (χ3n) is 2.20. The van der Waals surface area contributed by atoms with Crippen molar-refractivity contribution in [1.82, 2.24) is 9.97 Å². The molecule has 0 bridgehead atoms. The van der Waals surface area contributed by atoms with Gasteiger partial charge in [-0.15, -0.1) is 0 Å². The normalized spacial score (nSPS) is 10.8. The summed E-state index contributed by atoms with van der Waals surface area (Å²) in [7, 11) is 0. The van der Waals surface area contributed by atoms with Crippen LogP contribution in [0.4, 0.5) is 4.39 Å². The van der Waals surface area contributed by atoms with E-state index in [1.54, 1.807) is 13.0 Å². The van der Waals surface area contributed by atoms with Gasteiger partial charge in [0.2, 0.25) is 0 Å². The Morgan fingerprint density at radius 3 is 2.79 bits per heavy atom. The molecule has 0 unspecified atom stereocenters. The number of halogens is 1. The predicted octanol–water partition coefficient (Wildman–Crippen LogP) is 2.64. The molecule has 0 spiro atoms. The number of rotatable bonds is 1. The van der Waals surface area contributed by atoms with E-state index in [0.29, 0.717) is 11.3 Å². The Morgan fingerprint density at radius 1 is 1.29 bits per heavy atom. The number of aromatic nitrogens is 2. The van der Waals surface area contributed by atoms with E-state index in [9.17, 15) is 4.39 Å². The van der Waals surface area contributed by atoms with Gasteiger partial charge in [0.1, 0.15) is 17.2 Å². The van der Waals surface area contributed by atoms with Crippen molar-refractivity contribution in [3.63, 3.8) is 0 Å². The summed E-state index contributed by atoms with van der Waals surface area (Å²) in [6.07, 6.45) is 0.795. The fourth-order valence-corrected chi connectivity index (χ4v) is 1.57. The predicted molar refractivity (Wildman–Crippen MR) is 53.6 cm³/mol. The molecule has 0 aliphatic rings. The average molecular weight is 190 g/mol.